The first-order valence-electron chi connectivity index (χ1n) is 6.52. The zero-order valence-electron chi connectivity index (χ0n) is 11.8. The molecule has 4 nitrogen and oxygen atoms in total. The van der Waals surface area contributed by atoms with Gasteiger partial charge in [0.05, 0.1) is 11.6 Å². The first-order valence-corrected chi connectivity index (χ1v) is 6.52. The molecule has 0 aliphatic carbocycles. The number of aryl methyl sites for hydroxylation is 1. The van der Waals surface area contributed by atoms with Crippen LogP contribution in [0.4, 0.5) is 0 Å². The Morgan fingerprint density at radius 3 is 2.47 bits per heavy atom. The van der Waals surface area contributed by atoms with Crippen molar-refractivity contribution in [2.75, 3.05) is 0 Å². The number of carbonyl (C=O) groups excluding carboxylic acids is 1. The van der Waals surface area contributed by atoms with Crippen molar-refractivity contribution in [1.29, 1.82) is 0 Å². The highest BCUT2D eigenvalue weighted by atomic mass is 16.6. The maximum Gasteiger partial charge on any atom is 0.214 e. The van der Waals surface area contributed by atoms with E-state index in [1.807, 2.05) is 51.1 Å². The predicted octanol–water partition coefficient (Wildman–Crippen LogP) is 1.87. The molecule has 0 aromatic heterocycles. The minimum absolute atomic E-state index is 0.419. The predicted molar refractivity (Wildman–Crippen MR) is 74.6 cm³/mol. The summed E-state index contributed by atoms with van der Waals surface area (Å²) in [6.07, 6.45) is 1.07. The van der Waals surface area contributed by atoms with E-state index in [4.69, 9.17) is 4.74 Å². The molecule has 2 atom stereocenters. The molecule has 0 heterocycles. The third-order valence-electron chi connectivity index (χ3n) is 2.57. The summed E-state index contributed by atoms with van der Waals surface area (Å²) in [6, 6.07) is 9.51. The molecule has 0 saturated heterocycles. The minimum atomic E-state index is -1.13. The average Bonchev–Trinajstić information content (AvgIpc) is 2.33. The molecular weight excluding hydrogens is 242 g/mol. The van der Waals surface area contributed by atoms with Gasteiger partial charge >= 0.3 is 0 Å². The van der Waals surface area contributed by atoms with E-state index >= 15 is 0 Å². The largest absolute Gasteiger partial charge is 0.356 e. The molecule has 1 aromatic carbocycles. The van der Waals surface area contributed by atoms with E-state index in [1.54, 1.807) is 0 Å². The lowest BCUT2D eigenvalue weighted by molar-refractivity contribution is -0.185. The number of hydrogen-bond acceptors (Lipinski definition) is 4. The molecule has 19 heavy (non-hydrogen) atoms. The van der Waals surface area contributed by atoms with Crippen molar-refractivity contribution in [3.8, 4) is 0 Å². The maximum atomic E-state index is 11.0. The SMILES string of the molecule is CC(C)(C)OC(O)N[C@H](C=O)CCc1ccccc1. The summed E-state index contributed by atoms with van der Waals surface area (Å²) >= 11 is 0. The van der Waals surface area contributed by atoms with E-state index in [1.165, 1.54) is 5.56 Å². The summed E-state index contributed by atoms with van der Waals surface area (Å²) in [5.41, 5.74) is 0.710. The first-order chi connectivity index (χ1) is 8.90. The van der Waals surface area contributed by atoms with Gasteiger partial charge in [-0.3, -0.25) is 5.32 Å². The van der Waals surface area contributed by atoms with E-state index in [2.05, 4.69) is 5.32 Å². The van der Waals surface area contributed by atoms with Crippen LogP contribution in [0.25, 0.3) is 0 Å². The molecule has 1 rings (SSSR count). The molecule has 2 N–H and O–H groups in total. The molecule has 0 radical (unpaired) electrons. The van der Waals surface area contributed by atoms with Gasteiger partial charge in [-0.2, -0.15) is 0 Å². The Labute approximate surface area is 114 Å². The summed E-state index contributed by atoms with van der Waals surface area (Å²) in [6.45, 7) is 5.54. The number of aliphatic hydroxyl groups excluding tert-OH is 1. The van der Waals surface area contributed by atoms with Crippen LogP contribution in [0.5, 0.6) is 0 Å². The third-order valence-corrected chi connectivity index (χ3v) is 2.57. The molecule has 0 spiro atoms. The topological polar surface area (TPSA) is 58.6 Å². The molecule has 4 heteroatoms. The van der Waals surface area contributed by atoms with Crippen LogP contribution >= 0.6 is 0 Å². The Balaban J connectivity index is 2.39. The van der Waals surface area contributed by atoms with Crippen LogP contribution in [0, 0.1) is 0 Å². The van der Waals surface area contributed by atoms with Gasteiger partial charge in [0, 0.05) is 0 Å². The van der Waals surface area contributed by atoms with Gasteiger partial charge in [0.25, 0.3) is 0 Å². The van der Waals surface area contributed by atoms with Crippen molar-refractivity contribution < 1.29 is 14.6 Å². The summed E-state index contributed by atoms with van der Waals surface area (Å²) in [5, 5.41) is 12.5. The molecule has 106 valence electrons. The van der Waals surface area contributed by atoms with E-state index in [9.17, 15) is 9.90 Å². The van der Waals surface area contributed by atoms with Crippen LogP contribution in [0.3, 0.4) is 0 Å². The van der Waals surface area contributed by atoms with Gasteiger partial charge < -0.3 is 14.6 Å². The summed E-state index contributed by atoms with van der Waals surface area (Å²) in [4.78, 5) is 11.0. The highest BCUT2D eigenvalue weighted by molar-refractivity contribution is 5.57. The smallest absolute Gasteiger partial charge is 0.214 e. The van der Waals surface area contributed by atoms with E-state index in [0.717, 1.165) is 12.7 Å². The molecule has 1 unspecified atom stereocenters. The second-order valence-electron chi connectivity index (χ2n) is 5.52. The first kappa shape index (κ1) is 15.8. The lowest BCUT2D eigenvalue weighted by atomic mass is 10.1. The number of carbonyl (C=O) groups is 1. The highest BCUT2D eigenvalue weighted by Gasteiger charge is 2.19. The molecule has 0 fully saturated rings. The van der Waals surface area contributed by atoms with Crippen LogP contribution in [0.2, 0.25) is 0 Å². The number of benzene rings is 1. The normalized spacial score (nSPS) is 14.9. The van der Waals surface area contributed by atoms with Crippen LogP contribution in [0.1, 0.15) is 32.8 Å². The summed E-state index contributed by atoms with van der Waals surface area (Å²) < 4.78 is 5.31. The summed E-state index contributed by atoms with van der Waals surface area (Å²) in [5.74, 6) is 0. The number of aliphatic hydroxyl groups is 1. The fourth-order valence-electron chi connectivity index (χ4n) is 1.71. The Hall–Kier alpha value is -1.23. The molecule has 0 amide bonds. The van der Waals surface area contributed by atoms with E-state index < -0.39 is 18.1 Å². The Bertz CT molecular complexity index is 373. The van der Waals surface area contributed by atoms with Crippen molar-refractivity contribution in [1.82, 2.24) is 5.32 Å². The lowest BCUT2D eigenvalue weighted by Gasteiger charge is -2.26. The van der Waals surface area contributed by atoms with Crippen LogP contribution < -0.4 is 5.32 Å². The highest BCUT2D eigenvalue weighted by Crippen LogP contribution is 2.09. The fourth-order valence-corrected chi connectivity index (χ4v) is 1.71. The fraction of sp³-hybridized carbons (Fsp3) is 0.533. The molecule has 1 aromatic rings. The number of ether oxygens (including phenoxy) is 1. The molecular formula is C15H23NO3. The van der Waals surface area contributed by atoms with Gasteiger partial charge in [-0.25, -0.2) is 0 Å². The zero-order chi connectivity index (χ0) is 14.3. The second-order valence-corrected chi connectivity index (χ2v) is 5.52. The van der Waals surface area contributed by atoms with Gasteiger partial charge in [-0.1, -0.05) is 30.3 Å². The second kappa shape index (κ2) is 7.38. The number of hydrogen-bond donors (Lipinski definition) is 2. The number of rotatable bonds is 7. The standard InChI is InChI=1S/C15H23NO3/c1-15(2,3)19-14(18)16-13(11-17)10-9-12-7-5-4-6-8-12/h4-8,11,13-14,16,18H,9-10H2,1-3H3/t13-,14?/m0/s1. The molecule has 0 aliphatic rings. The Morgan fingerprint density at radius 2 is 1.95 bits per heavy atom. The van der Waals surface area contributed by atoms with Crippen molar-refractivity contribution in [2.45, 2.75) is 51.7 Å². The van der Waals surface area contributed by atoms with Crippen molar-refractivity contribution in [3.05, 3.63) is 35.9 Å². The molecule has 0 aliphatic heterocycles. The van der Waals surface area contributed by atoms with Gasteiger partial charge in [-0.05, 0) is 39.2 Å². The van der Waals surface area contributed by atoms with Gasteiger partial charge in [-0.15, -0.1) is 0 Å². The van der Waals surface area contributed by atoms with E-state index in [0.29, 0.717) is 6.42 Å². The number of nitrogens with one attached hydrogen (secondary N) is 1. The quantitative estimate of drug-likeness (QED) is 0.583. The Kier molecular flexibility index (Phi) is 6.15. The van der Waals surface area contributed by atoms with E-state index in [-0.39, 0.29) is 0 Å². The molecule has 0 saturated carbocycles. The third kappa shape index (κ3) is 7.06. The molecule has 0 bridgehead atoms. The van der Waals surface area contributed by atoms with Crippen LogP contribution in [-0.2, 0) is 16.0 Å². The van der Waals surface area contributed by atoms with Gasteiger partial charge in [0.1, 0.15) is 6.29 Å². The summed E-state index contributed by atoms with van der Waals surface area (Å²) in [7, 11) is 0. The average molecular weight is 265 g/mol. The van der Waals surface area contributed by atoms with Crippen LogP contribution in [-0.4, -0.2) is 29.4 Å². The van der Waals surface area contributed by atoms with Gasteiger partial charge in [0.15, 0.2) is 0 Å². The number of aldehydes is 1. The van der Waals surface area contributed by atoms with Gasteiger partial charge in [0.2, 0.25) is 6.41 Å². The monoisotopic (exact) mass is 265 g/mol. The Morgan fingerprint density at radius 1 is 1.32 bits per heavy atom. The zero-order valence-corrected chi connectivity index (χ0v) is 11.8. The maximum absolute atomic E-state index is 11.0. The minimum Gasteiger partial charge on any atom is -0.356 e. The lowest BCUT2D eigenvalue weighted by Crippen LogP contribution is -2.44. The van der Waals surface area contributed by atoms with Crippen LogP contribution in [0.15, 0.2) is 30.3 Å². The van der Waals surface area contributed by atoms with Crippen molar-refractivity contribution in [3.63, 3.8) is 0 Å². The van der Waals surface area contributed by atoms with Crippen molar-refractivity contribution in [2.24, 2.45) is 0 Å². The van der Waals surface area contributed by atoms with Crippen molar-refractivity contribution >= 4 is 6.29 Å².